The van der Waals surface area contributed by atoms with Crippen molar-refractivity contribution < 1.29 is 27.5 Å². The van der Waals surface area contributed by atoms with Crippen molar-refractivity contribution in [2.75, 3.05) is 13.7 Å². The first-order valence-electron chi connectivity index (χ1n) is 5.37. The summed E-state index contributed by atoms with van der Waals surface area (Å²) >= 11 is 0. The van der Waals surface area contributed by atoms with Gasteiger partial charge < -0.3 is 10.1 Å². The molecule has 0 aromatic heterocycles. The molecule has 1 rings (SSSR count). The fourth-order valence-corrected chi connectivity index (χ4v) is 1.29. The molecule has 0 aliphatic heterocycles. The first kappa shape index (κ1) is 15.0. The monoisotopic (exact) mass is 275 g/mol. The highest BCUT2D eigenvalue weighted by Crippen LogP contribution is 2.28. The number of alkyl halides is 3. The highest BCUT2D eigenvalue weighted by molar-refractivity contribution is 5.94. The first-order chi connectivity index (χ1) is 8.84. The Morgan fingerprint density at radius 3 is 2.26 bits per heavy atom. The van der Waals surface area contributed by atoms with E-state index in [2.05, 4.69) is 10.1 Å². The van der Waals surface area contributed by atoms with Gasteiger partial charge in [-0.1, -0.05) is 0 Å². The fraction of sp³-hybridized carbons (Fsp3) is 0.333. The number of rotatable bonds is 4. The molecule has 4 nitrogen and oxygen atoms in total. The highest BCUT2D eigenvalue weighted by atomic mass is 19.4. The van der Waals surface area contributed by atoms with Gasteiger partial charge in [0.2, 0.25) is 0 Å². The van der Waals surface area contributed by atoms with Gasteiger partial charge in [0.05, 0.1) is 19.1 Å². The standard InChI is InChI=1S/C12H12F3NO3/c1-19-10(17)6-7-16-11(18)8-2-4-9(5-3-8)12(13,14)15/h2-5H,6-7H2,1H3,(H,16,18). The van der Waals surface area contributed by atoms with Crippen molar-refractivity contribution in [2.45, 2.75) is 12.6 Å². The van der Waals surface area contributed by atoms with E-state index < -0.39 is 23.6 Å². The van der Waals surface area contributed by atoms with Gasteiger partial charge in [-0.15, -0.1) is 0 Å². The van der Waals surface area contributed by atoms with Crippen molar-refractivity contribution >= 4 is 11.9 Å². The van der Waals surface area contributed by atoms with Crippen LogP contribution in [0.4, 0.5) is 13.2 Å². The summed E-state index contributed by atoms with van der Waals surface area (Å²) in [6.45, 7) is 0.0620. The normalized spacial score (nSPS) is 10.9. The van der Waals surface area contributed by atoms with Crippen LogP contribution in [0.3, 0.4) is 0 Å². The number of hydrogen-bond acceptors (Lipinski definition) is 3. The molecule has 7 heteroatoms. The van der Waals surface area contributed by atoms with Crippen LogP contribution in [0, 0.1) is 0 Å². The van der Waals surface area contributed by atoms with Crippen LogP contribution in [0.15, 0.2) is 24.3 Å². The minimum absolute atomic E-state index is 0.00285. The number of methoxy groups -OCH3 is 1. The van der Waals surface area contributed by atoms with Crippen molar-refractivity contribution in [3.8, 4) is 0 Å². The van der Waals surface area contributed by atoms with E-state index in [1.807, 2.05) is 0 Å². The van der Waals surface area contributed by atoms with Crippen molar-refractivity contribution in [3.63, 3.8) is 0 Å². The quantitative estimate of drug-likeness (QED) is 0.855. The molecule has 0 atom stereocenters. The summed E-state index contributed by atoms with van der Waals surface area (Å²) in [7, 11) is 1.22. The summed E-state index contributed by atoms with van der Waals surface area (Å²) < 4.78 is 41.3. The Labute approximate surface area is 107 Å². The number of halogens is 3. The van der Waals surface area contributed by atoms with Gasteiger partial charge in [-0.2, -0.15) is 13.2 Å². The van der Waals surface area contributed by atoms with Crippen molar-refractivity contribution in [1.82, 2.24) is 5.32 Å². The Hall–Kier alpha value is -2.05. The minimum atomic E-state index is -4.43. The maximum absolute atomic E-state index is 12.3. The molecule has 0 aliphatic carbocycles. The molecule has 1 N–H and O–H groups in total. The van der Waals surface area contributed by atoms with E-state index in [1.165, 1.54) is 7.11 Å². The van der Waals surface area contributed by atoms with Crippen LogP contribution in [-0.4, -0.2) is 25.5 Å². The van der Waals surface area contributed by atoms with E-state index in [1.54, 1.807) is 0 Å². The van der Waals surface area contributed by atoms with Crippen LogP contribution < -0.4 is 5.32 Å². The molecule has 0 radical (unpaired) electrons. The van der Waals surface area contributed by atoms with Gasteiger partial charge in [-0.05, 0) is 24.3 Å². The first-order valence-corrected chi connectivity index (χ1v) is 5.37. The molecule has 1 aromatic rings. The summed E-state index contributed by atoms with van der Waals surface area (Å²) in [6, 6.07) is 3.82. The Morgan fingerprint density at radius 1 is 1.21 bits per heavy atom. The molecule has 0 unspecified atom stereocenters. The second-order valence-electron chi connectivity index (χ2n) is 3.66. The third-order valence-electron chi connectivity index (χ3n) is 2.32. The average Bonchev–Trinajstić information content (AvgIpc) is 2.37. The second kappa shape index (κ2) is 6.21. The Balaban J connectivity index is 2.56. The molecule has 0 fully saturated rings. The maximum atomic E-state index is 12.3. The number of benzene rings is 1. The van der Waals surface area contributed by atoms with Crippen LogP contribution in [0.1, 0.15) is 22.3 Å². The summed E-state index contributed by atoms with van der Waals surface area (Å²) in [5, 5.41) is 2.40. The molecule has 1 aromatic carbocycles. The van der Waals surface area contributed by atoms with E-state index in [0.717, 1.165) is 24.3 Å². The van der Waals surface area contributed by atoms with Gasteiger partial charge in [-0.25, -0.2) is 0 Å². The zero-order valence-electron chi connectivity index (χ0n) is 10.1. The van der Waals surface area contributed by atoms with E-state index >= 15 is 0 Å². The number of ether oxygens (including phenoxy) is 1. The van der Waals surface area contributed by atoms with Crippen LogP contribution in [0.2, 0.25) is 0 Å². The molecule has 104 valence electrons. The number of carbonyl (C=O) groups excluding carboxylic acids is 2. The van der Waals surface area contributed by atoms with Gasteiger partial charge in [0.15, 0.2) is 0 Å². The largest absolute Gasteiger partial charge is 0.469 e. The molecule has 0 saturated carbocycles. The number of esters is 1. The Bertz CT molecular complexity index is 454. The number of hydrogen-bond donors (Lipinski definition) is 1. The molecule has 0 aliphatic rings. The van der Waals surface area contributed by atoms with Gasteiger partial charge in [0.25, 0.3) is 5.91 Å². The number of carbonyl (C=O) groups is 2. The van der Waals surface area contributed by atoms with Gasteiger partial charge >= 0.3 is 12.1 Å². The smallest absolute Gasteiger partial charge is 0.416 e. The molecule has 0 saturated heterocycles. The van der Waals surface area contributed by atoms with Gasteiger partial charge in [-0.3, -0.25) is 9.59 Å². The average molecular weight is 275 g/mol. The van der Waals surface area contributed by atoms with Crippen LogP contribution in [0.25, 0.3) is 0 Å². The van der Waals surface area contributed by atoms with Crippen LogP contribution in [-0.2, 0) is 15.7 Å². The highest BCUT2D eigenvalue weighted by Gasteiger charge is 2.30. The Kier molecular flexibility index (Phi) is 4.91. The lowest BCUT2D eigenvalue weighted by atomic mass is 10.1. The zero-order valence-corrected chi connectivity index (χ0v) is 10.1. The van der Waals surface area contributed by atoms with Crippen LogP contribution >= 0.6 is 0 Å². The lowest BCUT2D eigenvalue weighted by Crippen LogP contribution is -2.26. The molecular weight excluding hydrogens is 263 g/mol. The maximum Gasteiger partial charge on any atom is 0.416 e. The number of amides is 1. The molecule has 19 heavy (non-hydrogen) atoms. The fourth-order valence-electron chi connectivity index (χ4n) is 1.29. The molecule has 1 amide bonds. The molecular formula is C12H12F3NO3. The summed E-state index contributed by atoms with van der Waals surface area (Å²) in [6.07, 6.45) is -4.43. The summed E-state index contributed by atoms with van der Waals surface area (Å²) in [4.78, 5) is 22.3. The van der Waals surface area contributed by atoms with Crippen molar-refractivity contribution in [1.29, 1.82) is 0 Å². The summed E-state index contributed by atoms with van der Waals surface area (Å²) in [5.41, 5.74) is -0.725. The van der Waals surface area contributed by atoms with E-state index in [9.17, 15) is 22.8 Å². The predicted molar refractivity (Wildman–Crippen MR) is 60.4 cm³/mol. The second-order valence-corrected chi connectivity index (χ2v) is 3.66. The SMILES string of the molecule is COC(=O)CCNC(=O)c1ccc(C(F)(F)F)cc1. The lowest BCUT2D eigenvalue weighted by Gasteiger charge is -2.08. The van der Waals surface area contributed by atoms with E-state index in [0.29, 0.717) is 0 Å². The predicted octanol–water partition coefficient (Wildman–Crippen LogP) is 2.00. The third-order valence-corrected chi connectivity index (χ3v) is 2.32. The van der Waals surface area contributed by atoms with E-state index in [4.69, 9.17) is 0 Å². The van der Waals surface area contributed by atoms with E-state index in [-0.39, 0.29) is 18.5 Å². The van der Waals surface area contributed by atoms with Crippen LogP contribution in [0.5, 0.6) is 0 Å². The summed E-state index contributed by atoms with van der Waals surface area (Å²) in [5.74, 6) is -1.02. The van der Waals surface area contributed by atoms with Gasteiger partial charge in [0, 0.05) is 12.1 Å². The van der Waals surface area contributed by atoms with Gasteiger partial charge in [0.1, 0.15) is 0 Å². The van der Waals surface area contributed by atoms with Crippen molar-refractivity contribution in [2.24, 2.45) is 0 Å². The topological polar surface area (TPSA) is 55.4 Å². The molecule has 0 spiro atoms. The lowest BCUT2D eigenvalue weighted by molar-refractivity contribution is -0.140. The molecule has 0 heterocycles. The van der Waals surface area contributed by atoms with Crippen molar-refractivity contribution in [3.05, 3.63) is 35.4 Å². The molecule has 0 bridgehead atoms. The Morgan fingerprint density at radius 2 is 1.79 bits per heavy atom. The minimum Gasteiger partial charge on any atom is -0.469 e. The zero-order chi connectivity index (χ0) is 14.5. The number of nitrogens with one attached hydrogen (secondary N) is 1. The third kappa shape index (κ3) is 4.61.